The molecule has 0 saturated carbocycles. The Balaban J connectivity index is 1.74. The number of piperazine rings is 1. The Morgan fingerprint density at radius 3 is 2.37 bits per heavy atom. The third-order valence-electron chi connectivity index (χ3n) is 4.51. The molecular formula is C19H23ClN2O4S. The van der Waals surface area contributed by atoms with Crippen LogP contribution in [0.25, 0.3) is 0 Å². The molecule has 0 spiro atoms. The summed E-state index contributed by atoms with van der Waals surface area (Å²) in [6, 6.07) is 12.3. The number of para-hydroxylation sites is 2. The zero-order chi connectivity index (χ0) is 19.4. The molecule has 3 rings (SSSR count). The number of benzene rings is 2. The van der Waals surface area contributed by atoms with E-state index in [2.05, 4.69) is 4.90 Å². The Labute approximate surface area is 165 Å². The number of nitrogens with zero attached hydrogens (tertiary/aromatic N) is 2. The topological polar surface area (TPSA) is 59.1 Å². The zero-order valence-electron chi connectivity index (χ0n) is 15.4. The molecule has 1 aliphatic rings. The van der Waals surface area contributed by atoms with Crippen LogP contribution in [0.15, 0.2) is 47.4 Å². The van der Waals surface area contributed by atoms with Crippen LogP contribution in [-0.2, 0) is 10.0 Å². The predicted molar refractivity (Wildman–Crippen MR) is 107 cm³/mol. The molecule has 2 aromatic carbocycles. The Kier molecular flexibility index (Phi) is 6.14. The smallest absolute Gasteiger partial charge is 0.243 e. The molecule has 1 heterocycles. The monoisotopic (exact) mass is 410 g/mol. The number of ether oxygens (including phenoxy) is 2. The van der Waals surface area contributed by atoms with E-state index in [4.69, 9.17) is 21.1 Å². The van der Waals surface area contributed by atoms with Crippen molar-refractivity contribution < 1.29 is 17.9 Å². The summed E-state index contributed by atoms with van der Waals surface area (Å²) in [5.41, 5.74) is 0.973. The third kappa shape index (κ3) is 4.15. The summed E-state index contributed by atoms with van der Waals surface area (Å²) < 4.78 is 38.2. The van der Waals surface area contributed by atoms with Gasteiger partial charge in [0.1, 0.15) is 11.5 Å². The lowest BCUT2D eigenvalue weighted by Crippen LogP contribution is -2.48. The number of methoxy groups -OCH3 is 1. The molecule has 27 heavy (non-hydrogen) atoms. The van der Waals surface area contributed by atoms with Gasteiger partial charge in [0.25, 0.3) is 0 Å². The normalized spacial score (nSPS) is 15.6. The average Bonchev–Trinajstić information content (AvgIpc) is 2.69. The summed E-state index contributed by atoms with van der Waals surface area (Å²) in [4.78, 5) is 2.32. The lowest BCUT2D eigenvalue weighted by Gasteiger charge is -2.36. The predicted octanol–water partition coefficient (Wildman–Crippen LogP) is 3.26. The van der Waals surface area contributed by atoms with Gasteiger partial charge in [-0.25, -0.2) is 8.42 Å². The molecule has 6 nitrogen and oxygen atoms in total. The van der Waals surface area contributed by atoms with E-state index in [-0.39, 0.29) is 4.90 Å². The number of sulfonamides is 1. The van der Waals surface area contributed by atoms with Gasteiger partial charge in [-0.15, -0.1) is 0 Å². The van der Waals surface area contributed by atoms with Crippen molar-refractivity contribution in [1.82, 2.24) is 4.31 Å². The summed E-state index contributed by atoms with van der Waals surface area (Å²) in [6.07, 6.45) is 0. The summed E-state index contributed by atoms with van der Waals surface area (Å²) in [6.45, 7) is 4.28. The minimum absolute atomic E-state index is 0.182. The summed E-state index contributed by atoms with van der Waals surface area (Å²) in [5, 5.41) is 0.297. The van der Waals surface area contributed by atoms with E-state index in [9.17, 15) is 8.42 Å². The number of halogens is 1. The van der Waals surface area contributed by atoms with E-state index < -0.39 is 10.0 Å². The van der Waals surface area contributed by atoms with Gasteiger partial charge in [0.05, 0.1) is 29.3 Å². The van der Waals surface area contributed by atoms with Crippen molar-refractivity contribution in [2.24, 2.45) is 0 Å². The molecule has 0 bridgehead atoms. The fourth-order valence-electron chi connectivity index (χ4n) is 3.12. The molecule has 0 unspecified atom stereocenters. The highest BCUT2D eigenvalue weighted by atomic mass is 35.5. The molecule has 0 aliphatic carbocycles. The number of rotatable bonds is 6. The van der Waals surface area contributed by atoms with Crippen LogP contribution < -0.4 is 14.4 Å². The average molecular weight is 411 g/mol. The van der Waals surface area contributed by atoms with Crippen molar-refractivity contribution >= 4 is 27.3 Å². The van der Waals surface area contributed by atoms with Crippen LogP contribution in [0, 0.1) is 0 Å². The van der Waals surface area contributed by atoms with Gasteiger partial charge in [-0.3, -0.25) is 0 Å². The Bertz CT molecular complexity index is 896. The maximum Gasteiger partial charge on any atom is 0.243 e. The first-order chi connectivity index (χ1) is 13.0. The molecule has 0 radical (unpaired) electrons. The number of hydrogen-bond acceptors (Lipinski definition) is 5. The molecule has 2 aromatic rings. The van der Waals surface area contributed by atoms with E-state index in [1.165, 1.54) is 10.4 Å². The second-order valence-corrected chi connectivity index (χ2v) is 8.43. The Hall–Kier alpha value is -1.96. The minimum atomic E-state index is -3.60. The molecule has 0 aromatic heterocycles. The molecule has 8 heteroatoms. The van der Waals surface area contributed by atoms with Crippen LogP contribution in [-0.4, -0.2) is 52.6 Å². The number of hydrogen-bond donors (Lipinski definition) is 0. The molecule has 0 atom stereocenters. The standard InChI is InChI=1S/C19H23ClN2O4S/c1-3-26-18-9-8-15(14-16(18)20)27(23,24)22-12-10-21(11-13-22)17-6-4-5-7-19(17)25-2/h4-9,14H,3,10-13H2,1-2H3. The molecule has 0 amide bonds. The summed E-state index contributed by atoms with van der Waals surface area (Å²) in [7, 11) is -1.97. The molecule has 146 valence electrons. The fourth-order valence-corrected chi connectivity index (χ4v) is 4.87. The van der Waals surface area contributed by atoms with Crippen LogP contribution in [0.2, 0.25) is 5.02 Å². The van der Waals surface area contributed by atoms with Gasteiger partial charge in [0, 0.05) is 26.2 Å². The highest BCUT2D eigenvalue weighted by molar-refractivity contribution is 7.89. The van der Waals surface area contributed by atoms with Crippen LogP contribution in [0.1, 0.15) is 6.92 Å². The largest absolute Gasteiger partial charge is 0.495 e. The molecule has 0 N–H and O–H groups in total. The van der Waals surface area contributed by atoms with Crippen molar-refractivity contribution in [3.8, 4) is 11.5 Å². The first-order valence-electron chi connectivity index (χ1n) is 8.78. The first-order valence-corrected chi connectivity index (χ1v) is 10.6. The minimum Gasteiger partial charge on any atom is -0.495 e. The van der Waals surface area contributed by atoms with Crippen molar-refractivity contribution in [3.63, 3.8) is 0 Å². The van der Waals surface area contributed by atoms with Crippen molar-refractivity contribution in [3.05, 3.63) is 47.5 Å². The van der Waals surface area contributed by atoms with E-state index >= 15 is 0 Å². The quantitative estimate of drug-likeness (QED) is 0.731. The second kappa shape index (κ2) is 8.37. The molecule has 1 saturated heterocycles. The Morgan fingerprint density at radius 1 is 1.04 bits per heavy atom. The van der Waals surface area contributed by atoms with Crippen LogP contribution in [0.5, 0.6) is 11.5 Å². The van der Waals surface area contributed by atoms with Crippen molar-refractivity contribution in [1.29, 1.82) is 0 Å². The SMILES string of the molecule is CCOc1ccc(S(=O)(=O)N2CCN(c3ccccc3OC)CC2)cc1Cl. The van der Waals surface area contributed by atoms with Crippen molar-refractivity contribution in [2.45, 2.75) is 11.8 Å². The van der Waals surface area contributed by atoms with Gasteiger partial charge in [0.15, 0.2) is 0 Å². The maximum atomic E-state index is 13.0. The summed E-state index contributed by atoms with van der Waals surface area (Å²) >= 11 is 6.16. The van der Waals surface area contributed by atoms with Crippen molar-refractivity contribution in [2.75, 3.05) is 44.8 Å². The van der Waals surface area contributed by atoms with Gasteiger partial charge in [0.2, 0.25) is 10.0 Å². The first kappa shape index (κ1) is 19.8. The Morgan fingerprint density at radius 2 is 1.74 bits per heavy atom. The van der Waals surface area contributed by atoms with Gasteiger partial charge in [-0.05, 0) is 37.3 Å². The van der Waals surface area contributed by atoms with E-state index in [0.717, 1.165) is 11.4 Å². The van der Waals surface area contributed by atoms with E-state index in [1.54, 1.807) is 19.2 Å². The lowest BCUT2D eigenvalue weighted by atomic mass is 10.2. The lowest BCUT2D eigenvalue weighted by molar-refractivity contribution is 0.340. The second-order valence-electron chi connectivity index (χ2n) is 6.09. The molecule has 1 fully saturated rings. The molecule has 1 aliphatic heterocycles. The van der Waals surface area contributed by atoms with Gasteiger partial charge in [-0.1, -0.05) is 23.7 Å². The number of anilines is 1. The maximum absolute atomic E-state index is 13.0. The third-order valence-corrected chi connectivity index (χ3v) is 6.70. The van der Waals surface area contributed by atoms with Crippen LogP contribution >= 0.6 is 11.6 Å². The highest BCUT2D eigenvalue weighted by Gasteiger charge is 2.29. The van der Waals surface area contributed by atoms with Crippen LogP contribution in [0.3, 0.4) is 0 Å². The summed E-state index contributed by atoms with van der Waals surface area (Å²) in [5.74, 6) is 1.27. The van der Waals surface area contributed by atoms with Gasteiger partial charge >= 0.3 is 0 Å². The van der Waals surface area contributed by atoms with E-state index in [1.807, 2.05) is 31.2 Å². The fraction of sp³-hybridized carbons (Fsp3) is 0.368. The van der Waals surface area contributed by atoms with Gasteiger partial charge in [-0.2, -0.15) is 4.31 Å². The highest BCUT2D eigenvalue weighted by Crippen LogP contribution is 2.31. The van der Waals surface area contributed by atoms with Gasteiger partial charge < -0.3 is 14.4 Å². The van der Waals surface area contributed by atoms with Crippen LogP contribution in [0.4, 0.5) is 5.69 Å². The molecular weight excluding hydrogens is 388 g/mol. The van der Waals surface area contributed by atoms with E-state index in [0.29, 0.717) is 43.6 Å². The zero-order valence-corrected chi connectivity index (χ0v) is 17.0.